The average molecular weight is 437 g/mol. The number of aromatic nitrogens is 3. The molecule has 164 valence electrons. The molecule has 3 aromatic rings. The number of hydrogen-bond donors (Lipinski definition) is 0. The fraction of sp³-hybridized carbons (Fsp3) is 0.333. The molecule has 3 heterocycles. The van der Waals surface area contributed by atoms with Crippen LogP contribution >= 0.6 is 0 Å². The largest absolute Gasteiger partial charge is 0.401 e. The molecule has 1 aliphatic heterocycles. The van der Waals surface area contributed by atoms with Crippen molar-refractivity contribution in [3.05, 3.63) is 66.2 Å². The first-order valence-electron chi connectivity index (χ1n) is 10.5. The second-order valence-electron chi connectivity index (χ2n) is 7.95. The number of hydrogen-bond acceptors (Lipinski definition) is 5. The molecule has 4 rings (SSSR count). The van der Waals surface area contributed by atoms with Crippen molar-refractivity contribution < 1.29 is 13.2 Å². The Morgan fingerprint density at radius 3 is 2.66 bits per heavy atom. The Morgan fingerprint density at radius 2 is 1.91 bits per heavy atom. The predicted octanol–water partition coefficient (Wildman–Crippen LogP) is 5.21. The van der Waals surface area contributed by atoms with E-state index in [1.54, 1.807) is 30.7 Å². The molecular formula is C24H22F3N5. The van der Waals surface area contributed by atoms with Gasteiger partial charge in [-0.05, 0) is 62.2 Å². The third kappa shape index (κ3) is 5.29. The standard InChI is InChI=1S/C24H22F3N5/c25-24(26,27)16-32-10-3-7-18(8-11-32)22-21(19-5-1-4-17(12-19)13-28)15-30-23(31-22)20-6-2-9-29-14-20/h1-2,4-6,9,12,14-15,18H,3,7-8,10-11,16H2. The van der Waals surface area contributed by atoms with E-state index in [1.807, 2.05) is 24.3 Å². The number of pyridine rings is 1. The molecule has 2 aromatic heterocycles. The minimum atomic E-state index is -4.20. The summed E-state index contributed by atoms with van der Waals surface area (Å²) in [7, 11) is 0. The van der Waals surface area contributed by atoms with Gasteiger partial charge in [0, 0.05) is 35.6 Å². The molecule has 1 aromatic carbocycles. The van der Waals surface area contributed by atoms with E-state index in [2.05, 4.69) is 16.0 Å². The summed E-state index contributed by atoms with van der Waals surface area (Å²) in [6.07, 6.45) is 2.88. The summed E-state index contributed by atoms with van der Waals surface area (Å²) in [5.74, 6) is 0.525. The SMILES string of the molecule is N#Cc1cccc(-c2cnc(-c3cccnc3)nc2C2CCCN(CC(F)(F)F)CC2)c1. The zero-order chi connectivity index (χ0) is 22.6. The number of halogens is 3. The molecular weight excluding hydrogens is 415 g/mol. The first-order valence-corrected chi connectivity index (χ1v) is 10.5. The van der Waals surface area contributed by atoms with Gasteiger partial charge >= 0.3 is 6.18 Å². The van der Waals surface area contributed by atoms with E-state index in [0.717, 1.165) is 28.8 Å². The van der Waals surface area contributed by atoms with Gasteiger partial charge in [-0.1, -0.05) is 12.1 Å². The molecule has 0 aliphatic carbocycles. The minimum Gasteiger partial charge on any atom is -0.295 e. The van der Waals surface area contributed by atoms with E-state index in [0.29, 0.717) is 37.3 Å². The number of likely N-dealkylation sites (tertiary alicyclic amines) is 1. The predicted molar refractivity (Wildman–Crippen MR) is 115 cm³/mol. The second-order valence-corrected chi connectivity index (χ2v) is 7.95. The zero-order valence-electron chi connectivity index (χ0n) is 17.4. The first kappa shape index (κ1) is 21.9. The summed E-state index contributed by atoms with van der Waals surface area (Å²) in [5, 5.41) is 9.29. The van der Waals surface area contributed by atoms with Crippen LogP contribution < -0.4 is 0 Å². The van der Waals surface area contributed by atoms with Crippen molar-refractivity contribution in [1.29, 1.82) is 5.26 Å². The minimum absolute atomic E-state index is 0.00704. The highest BCUT2D eigenvalue weighted by molar-refractivity contribution is 5.69. The van der Waals surface area contributed by atoms with Gasteiger partial charge in [0.15, 0.2) is 5.82 Å². The van der Waals surface area contributed by atoms with Crippen LogP contribution in [0.3, 0.4) is 0 Å². The van der Waals surface area contributed by atoms with Crippen LogP contribution in [0.15, 0.2) is 55.0 Å². The van der Waals surface area contributed by atoms with Crippen molar-refractivity contribution >= 4 is 0 Å². The van der Waals surface area contributed by atoms with E-state index in [9.17, 15) is 18.4 Å². The Bertz CT molecular complexity index is 1110. The molecule has 1 saturated heterocycles. The fourth-order valence-corrected chi connectivity index (χ4v) is 4.16. The Hall–Kier alpha value is -3.31. The van der Waals surface area contributed by atoms with Gasteiger partial charge in [0.2, 0.25) is 0 Å². The lowest BCUT2D eigenvalue weighted by molar-refractivity contribution is -0.145. The van der Waals surface area contributed by atoms with Crippen LogP contribution in [0.4, 0.5) is 13.2 Å². The molecule has 0 bridgehead atoms. The van der Waals surface area contributed by atoms with Gasteiger partial charge in [-0.25, -0.2) is 9.97 Å². The monoisotopic (exact) mass is 437 g/mol. The maximum atomic E-state index is 12.9. The summed E-state index contributed by atoms with van der Waals surface area (Å²) < 4.78 is 38.7. The van der Waals surface area contributed by atoms with Crippen molar-refractivity contribution in [1.82, 2.24) is 19.9 Å². The van der Waals surface area contributed by atoms with Crippen molar-refractivity contribution in [3.8, 4) is 28.6 Å². The molecule has 0 radical (unpaired) electrons. The molecule has 1 aliphatic rings. The lowest BCUT2D eigenvalue weighted by atomic mass is 9.90. The van der Waals surface area contributed by atoms with Crippen LogP contribution in [-0.4, -0.2) is 45.7 Å². The third-order valence-electron chi connectivity index (χ3n) is 5.65. The summed E-state index contributed by atoms with van der Waals surface area (Å²) in [5.41, 5.74) is 3.75. The van der Waals surface area contributed by atoms with E-state index >= 15 is 0 Å². The summed E-state index contributed by atoms with van der Waals surface area (Å²) in [4.78, 5) is 15.0. The maximum absolute atomic E-state index is 12.9. The summed E-state index contributed by atoms with van der Waals surface area (Å²) >= 11 is 0. The van der Waals surface area contributed by atoms with E-state index < -0.39 is 12.7 Å². The number of nitrogens with zero attached hydrogens (tertiary/aromatic N) is 5. The highest BCUT2D eigenvalue weighted by atomic mass is 19.4. The number of nitriles is 1. The Kier molecular flexibility index (Phi) is 6.47. The van der Waals surface area contributed by atoms with Crippen molar-refractivity contribution in [3.63, 3.8) is 0 Å². The van der Waals surface area contributed by atoms with Crippen LogP contribution in [0, 0.1) is 11.3 Å². The average Bonchev–Trinajstić information content (AvgIpc) is 3.03. The summed E-state index contributed by atoms with van der Waals surface area (Å²) in [6.45, 7) is -0.120. The van der Waals surface area contributed by atoms with Gasteiger partial charge in [-0.2, -0.15) is 18.4 Å². The van der Waals surface area contributed by atoms with Crippen LogP contribution in [0.1, 0.15) is 36.4 Å². The lowest BCUT2D eigenvalue weighted by Crippen LogP contribution is -2.34. The van der Waals surface area contributed by atoms with Crippen molar-refractivity contribution in [2.75, 3.05) is 19.6 Å². The van der Waals surface area contributed by atoms with Gasteiger partial charge in [-0.15, -0.1) is 0 Å². The molecule has 32 heavy (non-hydrogen) atoms. The molecule has 0 saturated carbocycles. The third-order valence-corrected chi connectivity index (χ3v) is 5.65. The van der Waals surface area contributed by atoms with E-state index in [4.69, 9.17) is 4.98 Å². The summed E-state index contributed by atoms with van der Waals surface area (Å²) in [6, 6.07) is 13.1. The van der Waals surface area contributed by atoms with Crippen molar-refractivity contribution in [2.24, 2.45) is 0 Å². The molecule has 1 unspecified atom stereocenters. The zero-order valence-corrected chi connectivity index (χ0v) is 17.4. The molecule has 5 nitrogen and oxygen atoms in total. The highest BCUT2D eigenvalue weighted by Crippen LogP contribution is 2.35. The molecule has 0 N–H and O–H groups in total. The van der Waals surface area contributed by atoms with Gasteiger partial charge in [0.25, 0.3) is 0 Å². The Labute approximate surface area is 184 Å². The van der Waals surface area contributed by atoms with Crippen molar-refractivity contribution in [2.45, 2.75) is 31.4 Å². The molecule has 0 spiro atoms. The molecule has 1 atom stereocenters. The molecule has 0 amide bonds. The topological polar surface area (TPSA) is 65.7 Å². The molecule has 8 heteroatoms. The fourth-order valence-electron chi connectivity index (χ4n) is 4.16. The van der Waals surface area contributed by atoms with Gasteiger partial charge in [-0.3, -0.25) is 9.88 Å². The Morgan fingerprint density at radius 1 is 1.06 bits per heavy atom. The number of alkyl halides is 3. The first-order chi connectivity index (χ1) is 15.4. The smallest absolute Gasteiger partial charge is 0.295 e. The van der Waals surface area contributed by atoms with Crippen LogP contribution in [-0.2, 0) is 0 Å². The Balaban J connectivity index is 1.71. The lowest BCUT2D eigenvalue weighted by Gasteiger charge is -2.22. The van der Waals surface area contributed by atoms with Crippen LogP contribution in [0.2, 0.25) is 0 Å². The van der Waals surface area contributed by atoms with Crippen LogP contribution in [0.25, 0.3) is 22.5 Å². The number of rotatable bonds is 4. The second kappa shape index (κ2) is 9.45. The van der Waals surface area contributed by atoms with E-state index in [-0.39, 0.29) is 5.92 Å². The normalized spacial score (nSPS) is 17.5. The molecule has 1 fully saturated rings. The van der Waals surface area contributed by atoms with Crippen LogP contribution in [0.5, 0.6) is 0 Å². The number of benzene rings is 1. The van der Waals surface area contributed by atoms with Gasteiger partial charge in [0.05, 0.1) is 23.9 Å². The quantitative estimate of drug-likeness (QED) is 0.561. The van der Waals surface area contributed by atoms with Gasteiger partial charge in [0.1, 0.15) is 0 Å². The maximum Gasteiger partial charge on any atom is 0.401 e. The van der Waals surface area contributed by atoms with Gasteiger partial charge < -0.3 is 0 Å². The van der Waals surface area contributed by atoms with E-state index in [1.165, 1.54) is 4.90 Å². The highest BCUT2D eigenvalue weighted by Gasteiger charge is 2.32.